The molecule has 400 valence electrons. The van der Waals surface area contributed by atoms with Crippen LogP contribution in [0.3, 0.4) is 0 Å². The third-order valence-corrected chi connectivity index (χ3v) is 18.0. The fourth-order valence-corrected chi connectivity index (χ4v) is 12.8. The van der Waals surface area contributed by atoms with Gasteiger partial charge in [-0.2, -0.15) is 0 Å². The van der Waals surface area contributed by atoms with Gasteiger partial charge >= 0.3 is 0 Å². The van der Waals surface area contributed by atoms with Crippen LogP contribution in [0.5, 0.6) is 5.75 Å². The first-order chi connectivity index (χ1) is 38.7. The third kappa shape index (κ3) is 8.34. The van der Waals surface area contributed by atoms with Crippen molar-refractivity contribution >= 4 is 33.0 Å². The van der Waals surface area contributed by atoms with Crippen LogP contribution in [0.4, 0.5) is 0 Å². The number of fused-ring (bicyclic) bond motifs is 7. The van der Waals surface area contributed by atoms with Gasteiger partial charge in [-0.3, -0.25) is 4.57 Å². The Morgan fingerprint density at radius 2 is 1.06 bits per heavy atom. The number of aromatic hydroxyl groups is 1. The Bertz CT molecular complexity index is 4490. The molecule has 13 rings (SSSR count). The van der Waals surface area contributed by atoms with E-state index < -0.39 is 0 Å². The molecule has 5 nitrogen and oxygen atoms in total. The van der Waals surface area contributed by atoms with Crippen LogP contribution < -0.4 is 0 Å². The van der Waals surface area contributed by atoms with Crippen LogP contribution in [0.25, 0.3) is 117 Å². The molecule has 12 aromatic rings. The number of phenols is 1. The van der Waals surface area contributed by atoms with E-state index >= 15 is 0 Å². The van der Waals surface area contributed by atoms with Crippen molar-refractivity contribution < 1.29 is 9.52 Å². The van der Waals surface area contributed by atoms with Gasteiger partial charge in [-0.25, -0.2) is 9.97 Å². The van der Waals surface area contributed by atoms with Crippen molar-refractivity contribution in [3.05, 3.63) is 228 Å². The number of para-hydroxylation sites is 3. The monoisotopic (exact) mass is 1060 g/mol. The molecule has 0 unspecified atom stereocenters. The zero-order valence-corrected chi connectivity index (χ0v) is 48.7. The largest absolute Gasteiger partial charge is 0.507 e. The highest BCUT2D eigenvalue weighted by Crippen LogP contribution is 2.56. The summed E-state index contributed by atoms with van der Waals surface area (Å²) >= 11 is 0. The highest BCUT2D eigenvalue weighted by molar-refractivity contribution is 6.15. The summed E-state index contributed by atoms with van der Waals surface area (Å²) in [6.45, 7) is 27.3. The number of phenolic OH excluding ortho intramolecular Hbond substituents is 1. The Labute approximate surface area is 476 Å². The summed E-state index contributed by atoms with van der Waals surface area (Å²) in [5.74, 6) is 0.960. The summed E-state index contributed by atoms with van der Waals surface area (Å²) in [4.78, 5) is 11.4. The second-order valence-corrected chi connectivity index (χ2v) is 25.7. The molecule has 3 aromatic heterocycles. The van der Waals surface area contributed by atoms with Gasteiger partial charge in [-0.15, -0.1) is 0 Å². The van der Waals surface area contributed by atoms with Gasteiger partial charge in [0.25, 0.3) is 0 Å². The Balaban J connectivity index is 1.12. The van der Waals surface area contributed by atoms with E-state index in [0.29, 0.717) is 0 Å². The Morgan fingerprint density at radius 1 is 0.457 bits per heavy atom. The molecule has 0 saturated carbocycles. The first kappa shape index (κ1) is 51.6. The summed E-state index contributed by atoms with van der Waals surface area (Å²) in [7, 11) is 0. The lowest BCUT2D eigenvalue weighted by Gasteiger charge is -2.47. The molecular weight excluding hydrogens is 987 g/mol. The minimum Gasteiger partial charge on any atom is -0.507 e. The van der Waals surface area contributed by atoms with Crippen molar-refractivity contribution in [3.63, 3.8) is 0 Å². The molecule has 0 bridgehead atoms. The standard InChI is InChI=1S/C76H69N3O2/c1-45-23-18-24-46(2)70(45)79-63-34-21-32-56(68(63)78-72(79)62-38-37-61-69(77-62)67-60(33-22-35-64(67)80)75(9,10)76(61,11)12)51-43-58-57-29-16-17-36-65(57)81-71(58)59(44-51)66-54(48-27-19-28-52(40-48)73(3,4)5)30-20-31-55(66)50-39-49(47-25-14-13-15-26-47)41-53(42-50)74(6,7)8/h13-44,80H,1-12H3. The molecule has 1 aliphatic rings. The van der Waals surface area contributed by atoms with Gasteiger partial charge in [-0.1, -0.05) is 221 Å². The predicted molar refractivity (Wildman–Crippen MR) is 339 cm³/mol. The molecule has 1 N–H and O–H groups in total. The predicted octanol–water partition coefficient (Wildman–Crippen LogP) is 20.5. The lowest BCUT2D eigenvalue weighted by atomic mass is 9.56. The molecule has 0 amide bonds. The number of aromatic nitrogens is 3. The van der Waals surface area contributed by atoms with Crippen LogP contribution in [0, 0.1) is 13.8 Å². The summed E-state index contributed by atoms with van der Waals surface area (Å²) in [5.41, 5.74) is 24.0. The van der Waals surface area contributed by atoms with Crippen molar-refractivity contribution in [1.29, 1.82) is 0 Å². The lowest BCUT2D eigenvalue weighted by molar-refractivity contribution is 0.296. The molecule has 0 radical (unpaired) electrons. The second kappa shape index (κ2) is 18.6. The highest BCUT2D eigenvalue weighted by Gasteiger charge is 2.47. The molecule has 0 aliphatic heterocycles. The lowest BCUT2D eigenvalue weighted by Crippen LogP contribution is -2.43. The van der Waals surface area contributed by atoms with E-state index in [-0.39, 0.29) is 27.4 Å². The average Bonchev–Trinajstić information content (AvgIpc) is 4.20. The Morgan fingerprint density at radius 3 is 1.81 bits per heavy atom. The second-order valence-electron chi connectivity index (χ2n) is 25.7. The molecule has 1 aliphatic carbocycles. The van der Waals surface area contributed by atoms with E-state index in [1.165, 1.54) is 22.3 Å². The SMILES string of the molecule is Cc1cccc(C)c1-n1c(-c2ccc3c(n2)-c2c(O)cccc2C(C)(C)C3(C)C)nc2c(-c3cc(-c4c(-c5cccc(C(C)(C)C)c5)cccc4-c4cc(-c5ccccc5)cc(C(C)(C)C)c4)c4oc5ccccc5c4c3)cccc21. The normalized spacial score (nSPS) is 13.9. The molecule has 3 heterocycles. The van der Waals surface area contributed by atoms with Gasteiger partial charge in [0, 0.05) is 38.4 Å². The van der Waals surface area contributed by atoms with Crippen molar-refractivity contribution in [2.75, 3.05) is 0 Å². The molecule has 9 aromatic carbocycles. The van der Waals surface area contributed by atoms with E-state index in [0.717, 1.165) is 128 Å². The van der Waals surface area contributed by atoms with Crippen molar-refractivity contribution in [1.82, 2.24) is 14.5 Å². The molecule has 81 heavy (non-hydrogen) atoms. The fraction of sp³-hybridized carbons (Fsp3) is 0.211. The maximum absolute atomic E-state index is 11.7. The van der Waals surface area contributed by atoms with Crippen LogP contribution in [0.2, 0.25) is 0 Å². The summed E-state index contributed by atoms with van der Waals surface area (Å²) in [6, 6.07) is 70.2. The van der Waals surface area contributed by atoms with Gasteiger partial charge in [0.05, 0.1) is 22.4 Å². The molecular formula is C76H69N3O2. The zero-order valence-electron chi connectivity index (χ0n) is 48.7. The third-order valence-electron chi connectivity index (χ3n) is 18.0. The van der Waals surface area contributed by atoms with Gasteiger partial charge in [0.1, 0.15) is 22.6 Å². The minimum atomic E-state index is -0.296. The van der Waals surface area contributed by atoms with Crippen LogP contribution >= 0.6 is 0 Å². The number of pyridine rings is 1. The van der Waals surface area contributed by atoms with E-state index in [1.54, 1.807) is 6.07 Å². The maximum Gasteiger partial charge on any atom is 0.164 e. The van der Waals surface area contributed by atoms with Crippen LogP contribution in [-0.4, -0.2) is 19.6 Å². The number of hydrogen-bond acceptors (Lipinski definition) is 4. The molecule has 0 fully saturated rings. The van der Waals surface area contributed by atoms with E-state index in [4.69, 9.17) is 14.4 Å². The van der Waals surface area contributed by atoms with Gasteiger partial charge < -0.3 is 9.52 Å². The number of rotatable bonds is 7. The molecule has 0 spiro atoms. The van der Waals surface area contributed by atoms with E-state index in [9.17, 15) is 5.11 Å². The van der Waals surface area contributed by atoms with Crippen LogP contribution in [0.15, 0.2) is 199 Å². The van der Waals surface area contributed by atoms with Crippen molar-refractivity contribution in [2.45, 2.75) is 105 Å². The maximum atomic E-state index is 11.7. The quantitative estimate of drug-likeness (QED) is 0.173. The zero-order chi connectivity index (χ0) is 56.5. The number of imidazole rings is 1. The molecule has 0 atom stereocenters. The number of aryl methyl sites for hydroxylation is 2. The van der Waals surface area contributed by atoms with E-state index in [1.807, 2.05) is 6.07 Å². The Kier molecular flexibility index (Phi) is 11.9. The van der Waals surface area contributed by atoms with Crippen molar-refractivity contribution in [2.24, 2.45) is 0 Å². The summed E-state index contributed by atoms with van der Waals surface area (Å²) in [6.07, 6.45) is 0. The minimum absolute atomic E-state index is 0.0719. The topological polar surface area (TPSA) is 64.1 Å². The van der Waals surface area contributed by atoms with Crippen molar-refractivity contribution in [3.8, 4) is 89.8 Å². The van der Waals surface area contributed by atoms with Crippen LogP contribution in [0.1, 0.15) is 103 Å². The first-order valence-corrected chi connectivity index (χ1v) is 28.5. The smallest absolute Gasteiger partial charge is 0.164 e. The van der Waals surface area contributed by atoms with Crippen LogP contribution in [-0.2, 0) is 21.7 Å². The Hall–Kier alpha value is -8.80. The first-order valence-electron chi connectivity index (χ1n) is 28.5. The average molecular weight is 1060 g/mol. The number of benzene rings is 9. The summed E-state index contributed by atoms with van der Waals surface area (Å²) in [5, 5.41) is 13.8. The molecule has 5 heteroatoms. The number of furan rings is 1. The number of nitrogens with zero attached hydrogens (tertiary/aromatic N) is 3. The summed E-state index contributed by atoms with van der Waals surface area (Å²) < 4.78 is 9.49. The highest BCUT2D eigenvalue weighted by atomic mass is 16.3. The molecule has 0 saturated heterocycles. The fourth-order valence-electron chi connectivity index (χ4n) is 12.8. The van der Waals surface area contributed by atoms with E-state index in [2.05, 4.69) is 270 Å². The van der Waals surface area contributed by atoms with Gasteiger partial charge in [0.2, 0.25) is 0 Å². The van der Waals surface area contributed by atoms with Gasteiger partial charge in [0.15, 0.2) is 5.82 Å². The van der Waals surface area contributed by atoms with Gasteiger partial charge in [-0.05, 0) is 145 Å². The number of hydrogen-bond donors (Lipinski definition) is 1.